The van der Waals surface area contributed by atoms with Crippen LogP contribution in [0.1, 0.15) is 40.0 Å². The van der Waals surface area contributed by atoms with E-state index in [2.05, 4.69) is 39.5 Å². The first-order valence-electron chi connectivity index (χ1n) is 4.52. The summed E-state index contributed by atoms with van der Waals surface area (Å²) in [7, 11) is 0. The Labute approximate surface area is 71.4 Å². The van der Waals surface area contributed by atoms with Crippen molar-refractivity contribution in [1.29, 1.82) is 0 Å². The third-order valence-electron chi connectivity index (χ3n) is 1.74. The predicted molar refractivity (Wildman–Crippen MR) is 51.0 cm³/mol. The minimum atomic E-state index is 0.469. The first-order chi connectivity index (χ1) is 5.20. The Balaban J connectivity index is 3.65. The zero-order valence-electron chi connectivity index (χ0n) is 7.98. The summed E-state index contributed by atoms with van der Waals surface area (Å²) < 4.78 is 0. The van der Waals surface area contributed by atoms with Gasteiger partial charge in [0.1, 0.15) is 0 Å². The van der Waals surface area contributed by atoms with E-state index >= 15 is 0 Å². The van der Waals surface area contributed by atoms with E-state index in [1.165, 1.54) is 12.8 Å². The van der Waals surface area contributed by atoms with Gasteiger partial charge in [-0.25, -0.2) is 0 Å². The standard InChI is InChI=1S/C11H19/c1-5-11(6-2)9-7-8-10(3)4/h10-11H,3,5-6,8H2,1-2,4H3. The van der Waals surface area contributed by atoms with Crippen molar-refractivity contribution in [3.05, 3.63) is 6.92 Å². The van der Waals surface area contributed by atoms with Crippen LogP contribution in [0.5, 0.6) is 0 Å². The molecule has 63 valence electrons. The second-order valence-electron chi connectivity index (χ2n) is 3.14. The van der Waals surface area contributed by atoms with E-state index in [1.807, 2.05) is 0 Å². The van der Waals surface area contributed by atoms with E-state index in [0.29, 0.717) is 11.8 Å². The van der Waals surface area contributed by atoms with Crippen molar-refractivity contribution in [3.63, 3.8) is 0 Å². The highest BCUT2D eigenvalue weighted by molar-refractivity contribution is 5.03. The van der Waals surface area contributed by atoms with Gasteiger partial charge in [-0.2, -0.15) is 0 Å². The fourth-order valence-electron chi connectivity index (χ4n) is 0.870. The zero-order chi connectivity index (χ0) is 8.69. The molecule has 0 saturated carbocycles. The van der Waals surface area contributed by atoms with Crippen LogP contribution in [0.15, 0.2) is 0 Å². The summed E-state index contributed by atoms with van der Waals surface area (Å²) in [5.41, 5.74) is 0. The SMILES string of the molecule is [CH2]C(C)CC#CC(CC)CC. The Morgan fingerprint density at radius 1 is 1.27 bits per heavy atom. The maximum atomic E-state index is 3.88. The summed E-state index contributed by atoms with van der Waals surface area (Å²) in [5.74, 6) is 7.51. The van der Waals surface area contributed by atoms with Crippen molar-refractivity contribution in [1.82, 2.24) is 0 Å². The highest BCUT2D eigenvalue weighted by Crippen LogP contribution is 2.05. The van der Waals surface area contributed by atoms with E-state index in [9.17, 15) is 0 Å². The van der Waals surface area contributed by atoms with Crippen molar-refractivity contribution in [2.24, 2.45) is 11.8 Å². The molecule has 11 heavy (non-hydrogen) atoms. The van der Waals surface area contributed by atoms with Crippen LogP contribution in [0.25, 0.3) is 0 Å². The molecule has 1 atom stereocenters. The normalized spacial score (nSPS) is 10.0. The molecule has 0 saturated heterocycles. The summed E-state index contributed by atoms with van der Waals surface area (Å²) in [6.07, 6.45) is 3.29. The Hall–Kier alpha value is -0.440. The maximum Gasteiger partial charge on any atom is 0.0197 e. The lowest BCUT2D eigenvalue weighted by atomic mass is 10.0. The van der Waals surface area contributed by atoms with Gasteiger partial charge in [0.25, 0.3) is 0 Å². The second kappa shape index (κ2) is 6.28. The van der Waals surface area contributed by atoms with Gasteiger partial charge >= 0.3 is 0 Å². The Kier molecular flexibility index (Phi) is 6.03. The van der Waals surface area contributed by atoms with Gasteiger partial charge in [0.05, 0.1) is 0 Å². The van der Waals surface area contributed by atoms with Gasteiger partial charge in [0.15, 0.2) is 0 Å². The van der Waals surface area contributed by atoms with Crippen LogP contribution in [0.3, 0.4) is 0 Å². The second-order valence-corrected chi connectivity index (χ2v) is 3.14. The summed E-state index contributed by atoms with van der Waals surface area (Å²) >= 11 is 0. The largest absolute Gasteiger partial charge is 0.103 e. The summed E-state index contributed by atoms with van der Waals surface area (Å²) in [5, 5.41) is 0. The molecule has 0 heteroatoms. The quantitative estimate of drug-likeness (QED) is 0.543. The van der Waals surface area contributed by atoms with Crippen molar-refractivity contribution in [3.8, 4) is 11.8 Å². The minimum Gasteiger partial charge on any atom is -0.103 e. The minimum absolute atomic E-state index is 0.469. The van der Waals surface area contributed by atoms with Crippen LogP contribution in [0.2, 0.25) is 0 Å². The van der Waals surface area contributed by atoms with Gasteiger partial charge in [-0.05, 0) is 25.7 Å². The van der Waals surface area contributed by atoms with E-state index in [1.54, 1.807) is 0 Å². The molecule has 0 bridgehead atoms. The number of rotatable bonds is 3. The van der Waals surface area contributed by atoms with Crippen LogP contribution in [-0.4, -0.2) is 0 Å². The van der Waals surface area contributed by atoms with Gasteiger partial charge in [0, 0.05) is 12.3 Å². The number of hydrogen-bond donors (Lipinski definition) is 0. The molecule has 1 unspecified atom stereocenters. The van der Waals surface area contributed by atoms with Gasteiger partial charge in [-0.3, -0.25) is 0 Å². The molecule has 0 aliphatic carbocycles. The Bertz CT molecular complexity index is 130. The van der Waals surface area contributed by atoms with E-state index < -0.39 is 0 Å². The molecular formula is C11H19. The van der Waals surface area contributed by atoms with Crippen molar-refractivity contribution in [2.45, 2.75) is 40.0 Å². The van der Waals surface area contributed by atoms with Gasteiger partial charge in [0.2, 0.25) is 0 Å². The van der Waals surface area contributed by atoms with Crippen LogP contribution in [0, 0.1) is 30.6 Å². The smallest absolute Gasteiger partial charge is 0.0197 e. The summed E-state index contributed by atoms with van der Waals surface area (Å²) in [4.78, 5) is 0. The number of hydrogen-bond acceptors (Lipinski definition) is 0. The lowest BCUT2D eigenvalue weighted by Gasteiger charge is -2.01. The van der Waals surface area contributed by atoms with E-state index in [0.717, 1.165) is 6.42 Å². The third-order valence-corrected chi connectivity index (χ3v) is 1.74. The fraction of sp³-hybridized carbons (Fsp3) is 0.727. The maximum absolute atomic E-state index is 3.88. The molecule has 0 aromatic carbocycles. The molecule has 0 rings (SSSR count). The summed E-state index contributed by atoms with van der Waals surface area (Å²) in [6.45, 7) is 10.4. The topological polar surface area (TPSA) is 0 Å². The molecule has 0 fully saturated rings. The van der Waals surface area contributed by atoms with Crippen LogP contribution >= 0.6 is 0 Å². The average molecular weight is 151 g/mol. The molecule has 1 radical (unpaired) electrons. The molecule has 0 aromatic rings. The first kappa shape index (κ1) is 10.6. The molecule has 0 aliphatic rings. The highest BCUT2D eigenvalue weighted by Gasteiger charge is 1.95. The van der Waals surface area contributed by atoms with Crippen molar-refractivity contribution >= 4 is 0 Å². The van der Waals surface area contributed by atoms with E-state index in [-0.39, 0.29) is 0 Å². The molecular weight excluding hydrogens is 132 g/mol. The zero-order valence-corrected chi connectivity index (χ0v) is 7.98. The Morgan fingerprint density at radius 3 is 2.18 bits per heavy atom. The monoisotopic (exact) mass is 151 g/mol. The lowest BCUT2D eigenvalue weighted by Crippen LogP contribution is -1.91. The van der Waals surface area contributed by atoms with Crippen LogP contribution in [0.4, 0.5) is 0 Å². The third kappa shape index (κ3) is 5.98. The molecule has 0 nitrogen and oxygen atoms in total. The predicted octanol–water partition coefficient (Wildman–Crippen LogP) is 3.29. The van der Waals surface area contributed by atoms with Gasteiger partial charge in [-0.1, -0.05) is 26.7 Å². The summed E-state index contributed by atoms with van der Waals surface area (Å²) in [6, 6.07) is 0. The molecule has 0 aromatic heterocycles. The van der Waals surface area contributed by atoms with E-state index in [4.69, 9.17) is 0 Å². The molecule has 0 spiro atoms. The van der Waals surface area contributed by atoms with Crippen LogP contribution in [-0.2, 0) is 0 Å². The lowest BCUT2D eigenvalue weighted by molar-refractivity contribution is 0.625. The molecule has 0 heterocycles. The Morgan fingerprint density at radius 2 is 1.82 bits per heavy atom. The van der Waals surface area contributed by atoms with Gasteiger partial charge in [-0.15, -0.1) is 5.92 Å². The van der Waals surface area contributed by atoms with Crippen molar-refractivity contribution < 1.29 is 0 Å². The fourth-order valence-corrected chi connectivity index (χ4v) is 0.870. The van der Waals surface area contributed by atoms with Gasteiger partial charge < -0.3 is 0 Å². The van der Waals surface area contributed by atoms with Crippen molar-refractivity contribution in [2.75, 3.05) is 0 Å². The highest BCUT2D eigenvalue weighted by atomic mass is 14.0. The average Bonchev–Trinajstić information content (AvgIpc) is 1.98. The molecule has 0 amide bonds. The molecule has 0 aliphatic heterocycles. The molecule has 0 N–H and O–H groups in total. The first-order valence-corrected chi connectivity index (χ1v) is 4.52. The van der Waals surface area contributed by atoms with Crippen LogP contribution < -0.4 is 0 Å².